The van der Waals surface area contributed by atoms with Crippen LogP contribution in [0.1, 0.15) is 110 Å². The lowest BCUT2D eigenvalue weighted by atomic mass is 10.1. The average Bonchev–Trinajstić information content (AvgIpc) is 2.51. The number of hydrogen-bond acceptors (Lipinski definition) is 1. The zero-order valence-electron chi connectivity index (χ0n) is 15.0. The van der Waals surface area contributed by atoms with Crippen LogP contribution in [0.25, 0.3) is 0 Å². The van der Waals surface area contributed by atoms with Gasteiger partial charge in [0, 0.05) is 6.61 Å². The van der Waals surface area contributed by atoms with Crippen LogP contribution in [0.2, 0.25) is 0 Å². The minimum atomic E-state index is 0.372. The van der Waals surface area contributed by atoms with Crippen molar-refractivity contribution >= 4 is 0 Å². The fraction of sp³-hybridized carbons (Fsp3) is 0.900. The molecule has 0 aromatic carbocycles. The Bertz CT molecular complexity index is 155. The van der Waals surface area contributed by atoms with Gasteiger partial charge in [0.05, 0.1) is 0 Å². The number of hydrogen-bond donors (Lipinski definition) is 1. The van der Waals surface area contributed by atoms with Gasteiger partial charge in [0.2, 0.25) is 0 Å². The largest absolute Gasteiger partial charge is 0.396 e. The molecule has 1 N–H and O–H groups in total. The molecule has 0 saturated heterocycles. The zero-order chi connectivity index (χ0) is 16.0. The smallest absolute Gasteiger partial charge is 0.0431 e. The van der Waals surface area contributed by atoms with Crippen LogP contribution in [0.15, 0.2) is 12.7 Å². The molecule has 0 atom stereocenters. The summed E-state index contributed by atoms with van der Waals surface area (Å²) in [5.74, 6) is 0. The summed E-state index contributed by atoms with van der Waals surface area (Å²) in [5, 5.41) is 8.57. The van der Waals surface area contributed by atoms with E-state index in [-0.39, 0.29) is 0 Å². The molecule has 0 aliphatic heterocycles. The summed E-state index contributed by atoms with van der Waals surface area (Å²) < 4.78 is 0. The fourth-order valence-corrected chi connectivity index (χ4v) is 2.31. The fourth-order valence-electron chi connectivity index (χ4n) is 2.31. The van der Waals surface area contributed by atoms with E-state index < -0.39 is 0 Å². The summed E-state index contributed by atoms with van der Waals surface area (Å²) in [6, 6.07) is 0. The SMILES string of the molecule is C=CCCCCCC.CCCCCCCCCCCCO. The van der Waals surface area contributed by atoms with Crippen LogP contribution in [0.5, 0.6) is 0 Å². The summed E-state index contributed by atoms with van der Waals surface area (Å²) >= 11 is 0. The van der Waals surface area contributed by atoms with Gasteiger partial charge in [-0.25, -0.2) is 0 Å². The molecule has 0 heterocycles. The Morgan fingerprint density at radius 3 is 1.38 bits per heavy atom. The minimum Gasteiger partial charge on any atom is -0.396 e. The molecule has 0 radical (unpaired) electrons. The van der Waals surface area contributed by atoms with E-state index >= 15 is 0 Å². The van der Waals surface area contributed by atoms with Gasteiger partial charge in [0.1, 0.15) is 0 Å². The summed E-state index contributed by atoms with van der Waals surface area (Å²) in [4.78, 5) is 0. The molecule has 0 fully saturated rings. The Hall–Kier alpha value is -0.300. The van der Waals surface area contributed by atoms with Gasteiger partial charge in [0.15, 0.2) is 0 Å². The van der Waals surface area contributed by atoms with E-state index in [4.69, 9.17) is 5.11 Å². The molecular formula is C20H42O. The van der Waals surface area contributed by atoms with Crippen molar-refractivity contribution in [1.29, 1.82) is 0 Å². The molecule has 0 aliphatic rings. The number of rotatable bonds is 15. The normalized spacial score (nSPS) is 10.0. The maximum absolute atomic E-state index is 8.57. The highest BCUT2D eigenvalue weighted by Crippen LogP contribution is 2.10. The molecule has 0 unspecified atom stereocenters. The maximum atomic E-state index is 8.57. The Kier molecular flexibility index (Phi) is 27.0. The summed E-state index contributed by atoms with van der Waals surface area (Å²) in [5.41, 5.74) is 0. The zero-order valence-corrected chi connectivity index (χ0v) is 15.0. The van der Waals surface area contributed by atoms with Crippen LogP contribution < -0.4 is 0 Å². The van der Waals surface area contributed by atoms with Gasteiger partial charge < -0.3 is 5.11 Å². The number of allylic oxidation sites excluding steroid dienone is 1. The molecule has 0 amide bonds. The molecule has 0 aliphatic carbocycles. The highest BCUT2D eigenvalue weighted by atomic mass is 16.2. The lowest BCUT2D eigenvalue weighted by molar-refractivity contribution is 0.282. The van der Waals surface area contributed by atoms with Gasteiger partial charge in [-0.15, -0.1) is 6.58 Å². The molecule has 21 heavy (non-hydrogen) atoms. The molecule has 128 valence electrons. The van der Waals surface area contributed by atoms with E-state index in [1.54, 1.807) is 0 Å². The monoisotopic (exact) mass is 298 g/mol. The number of aliphatic hydroxyl groups is 1. The van der Waals surface area contributed by atoms with Gasteiger partial charge in [0.25, 0.3) is 0 Å². The van der Waals surface area contributed by atoms with Crippen molar-refractivity contribution in [3.63, 3.8) is 0 Å². The van der Waals surface area contributed by atoms with Crippen molar-refractivity contribution in [2.24, 2.45) is 0 Å². The van der Waals surface area contributed by atoms with Crippen LogP contribution in [-0.4, -0.2) is 11.7 Å². The average molecular weight is 299 g/mol. The highest BCUT2D eigenvalue weighted by molar-refractivity contribution is 4.65. The second-order valence-electron chi connectivity index (χ2n) is 6.04. The second-order valence-corrected chi connectivity index (χ2v) is 6.04. The van der Waals surface area contributed by atoms with Gasteiger partial charge in [-0.3, -0.25) is 0 Å². The summed E-state index contributed by atoms with van der Waals surface area (Å²) in [6.45, 7) is 8.52. The molecule has 0 rings (SSSR count). The van der Waals surface area contributed by atoms with Crippen molar-refractivity contribution in [1.82, 2.24) is 0 Å². The molecule has 1 heteroatoms. The van der Waals surface area contributed by atoms with Gasteiger partial charge >= 0.3 is 0 Å². The maximum Gasteiger partial charge on any atom is 0.0431 e. The molecule has 1 nitrogen and oxygen atoms in total. The predicted octanol–water partition coefficient (Wildman–Crippen LogP) is 7.04. The second kappa shape index (κ2) is 24.7. The van der Waals surface area contributed by atoms with E-state index in [1.807, 2.05) is 6.08 Å². The van der Waals surface area contributed by atoms with E-state index in [1.165, 1.54) is 89.9 Å². The first-order chi connectivity index (χ1) is 10.3. The molecule has 0 spiro atoms. The van der Waals surface area contributed by atoms with Crippen LogP contribution in [0, 0.1) is 0 Å². The van der Waals surface area contributed by atoms with Crippen molar-refractivity contribution in [3.05, 3.63) is 12.7 Å². The third kappa shape index (κ3) is 28.6. The Morgan fingerprint density at radius 1 is 0.619 bits per heavy atom. The van der Waals surface area contributed by atoms with Crippen molar-refractivity contribution < 1.29 is 5.11 Å². The van der Waals surface area contributed by atoms with Crippen LogP contribution >= 0.6 is 0 Å². The quantitative estimate of drug-likeness (QED) is 0.254. The summed E-state index contributed by atoms with van der Waals surface area (Å²) in [6.07, 6.45) is 21.9. The lowest BCUT2D eigenvalue weighted by Gasteiger charge is -2.00. The van der Waals surface area contributed by atoms with Gasteiger partial charge in [-0.2, -0.15) is 0 Å². The third-order valence-electron chi connectivity index (χ3n) is 3.77. The lowest BCUT2D eigenvalue weighted by Crippen LogP contribution is -1.84. The highest BCUT2D eigenvalue weighted by Gasteiger charge is 1.91. The van der Waals surface area contributed by atoms with Gasteiger partial charge in [-0.05, 0) is 19.3 Å². The van der Waals surface area contributed by atoms with Crippen molar-refractivity contribution in [3.8, 4) is 0 Å². The standard InChI is InChI=1S/C12H26O.C8H16/c1-2-3-4-5-6-7-8-9-10-11-12-13;1-3-5-7-8-6-4-2/h13H,2-12H2,1H3;3H,1,4-8H2,2H3. The first-order valence-corrected chi connectivity index (χ1v) is 9.55. The molecule has 0 bridgehead atoms. The number of unbranched alkanes of at least 4 members (excludes halogenated alkanes) is 13. The molecule has 0 aromatic heterocycles. The first-order valence-electron chi connectivity index (χ1n) is 9.55. The van der Waals surface area contributed by atoms with Crippen LogP contribution in [-0.2, 0) is 0 Å². The van der Waals surface area contributed by atoms with E-state index in [0.717, 1.165) is 6.42 Å². The van der Waals surface area contributed by atoms with E-state index in [0.29, 0.717) is 6.61 Å². The molecular weight excluding hydrogens is 256 g/mol. The van der Waals surface area contributed by atoms with Crippen LogP contribution in [0.3, 0.4) is 0 Å². The van der Waals surface area contributed by atoms with E-state index in [2.05, 4.69) is 20.4 Å². The number of aliphatic hydroxyl groups excluding tert-OH is 1. The van der Waals surface area contributed by atoms with Crippen LogP contribution in [0.4, 0.5) is 0 Å². The predicted molar refractivity (Wildman–Crippen MR) is 97.9 cm³/mol. The van der Waals surface area contributed by atoms with Gasteiger partial charge in [-0.1, -0.05) is 97.0 Å². The molecule has 0 aromatic rings. The Morgan fingerprint density at radius 2 is 1.00 bits per heavy atom. The summed E-state index contributed by atoms with van der Waals surface area (Å²) in [7, 11) is 0. The van der Waals surface area contributed by atoms with Crippen molar-refractivity contribution in [2.75, 3.05) is 6.61 Å². The van der Waals surface area contributed by atoms with E-state index in [9.17, 15) is 0 Å². The van der Waals surface area contributed by atoms with Crippen molar-refractivity contribution in [2.45, 2.75) is 110 Å². The minimum absolute atomic E-state index is 0.372. The topological polar surface area (TPSA) is 20.2 Å². The Balaban J connectivity index is 0. The third-order valence-corrected chi connectivity index (χ3v) is 3.77. The first kappa shape index (κ1) is 23.0. The molecule has 0 saturated carbocycles. The Labute approximate surface area is 135 Å².